The van der Waals surface area contributed by atoms with Gasteiger partial charge in [-0.15, -0.1) is 0 Å². The Morgan fingerprint density at radius 3 is 2.53 bits per heavy atom. The number of carbonyl (C=O) groups is 1. The number of carbonyl (C=O) groups excluding carboxylic acids is 1. The van der Waals surface area contributed by atoms with Crippen molar-refractivity contribution >= 4 is 11.8 Å². The SMILES string of the molecule is Cc1cc(NC(=O)NC(C)C)nc(C)n1. The molecule has 5 heteroatoms. The quantitative estimate of drug-likeness (QED) is 0.776. The molecule has 0 radical (unpaired) electrons. The molecular formula is C10H16N4O. The molecule has 1 aromatic heterocycles. The van der Waals surface area contributed by atoms with Crippen LogP contribution in [0.5, 0.6) is 0 Å². The van der Waals surface area contributed by atoms with E-state index in [2.05, 4.69) is 20.6 Å². The lowest BCUT2D eigenvalue weighted by Gasteiger charge is -2.09. The van der Waals surface area contributed by atoms with Crippen LogP contribution in [0.1, 0.15) is 25.4 Å². The maximum atomic E-state index is 11.4. The maximum Gasteiger partial charge on any atom is 0.320 e. The minimum absolute atomic E-state index is 0.106. The Morgan fingerprint density at radius 2 is 2.00 bits per heavy atom. The molecular weight excluding hydrogens is 192 g/mol. The van der Waals surface area contributed by atoms with Gasteiger partial charge >= 0.3 is 6.03 Å². The van der Waals surface area contributed by atoms with E-state index in [0.29, 0.717) is 11.6 Å². The van der Waals surface area contributed by atoms with E-state index >= 15 is 0 Å². The predicted molar refractivity (Wildman–Crippen MR) is 58.8 cm³/mol. The predicted octanol–water partition coefficient (Wildman–Crippen LogP) is 1.62. The second kappa shape index (κ2) is 4.72. The number of aromatic nitrogens is 2. The summed E-state index contributed by atoms with van der Waals surface area (Å²) in [4.78, 5) is 19.6. The van der Waals surface area contributed by atoms with Crippen LogP contribution in [0.3, 0.4) is 0 Å². The summed E-state index contributed by atoms with van der Waals surface area (Å²) in [6.07, 6.45) is 0. The minimum atomic E-state index is -0.248. The number of aryl methyl sites for hydroxylation is 2. The van der Waals surface area contributed by atoms with Gasteiger partial charge in [-0.3, -0.25) is 5.32 Å². The van der Waals surface area contributed by atoms with Crippen LogP contribution in [0.4, 0.5) is 10.6 Å². The molecule has 0 spiro atoms. The second-order valence-electron chi connectivity index (χ2n) is 3.69. The van der Waals surface area contributed by atoms with Crippen molar-refractivity contribution in [3.8, 4) is 0 Å². The summed E-state index contributed by atoms with van der Waals surface area (Å²) in [7, 11) is 0. The summed E-state index contributed by atoms with van der Waals surface area (Å²) in [5.74, 6) is 1.17. The Labute approximate surface area is 89.3 Å². The molecule has 15 heavy (non-hydrogen) atoms. The van der Waals surface area contributed by atoms with Crippen LogP contribution >= 0.6 is 0 Å². The van der Waals surface area contributed by atoms with Crippen LogP contribution in [0, 0.1) is 13.8 Å². The molecule has 5 nitrogen and oxygen atoms in total. The first kappa shape index (κ1) is 11.4. The number of urea groups is 1. The van der Waals surface area contributed by atoms with Crippen molar-refractivity contribution in [3.05, 3.63) is 17.6 Å². The first-order chi connectivity index (χ1) is 6.97. The second-order valence-corrected chi connectivity index (χ2v) is 3.69. The number of hydrogen-bond donors (Lipinski definition) is 2. The Balaban J connectivity index is 2.68. The highest BCUT2D eigenvalue weighted by atomic mass is 16.2. The Morgan fingerprint density at radius 1 is 1.33 bits per heavy atom. The van der Waals surface area contributed by atoms with E-state index in [4.69, 9.17) is 0 Å². The molecule has 2 amide bonds. The highest BCUT2D eigenvalue weighted by Crippen LogP contribution is 2.05. The number of nitrogens with zero attached hydrogens (tertiary/aromatic N) is 2. The summed E-state index contributed by atoms with van der Waals surface area (Å²) >= 11 is 0. The van der Waals surface area contributed by atoms with Crippen molar-refractivity contribution in [2.24, 2.45) is 0 Å². The fourth-order valence-corrected chi connectivity index (χ4v) is 1.20. The lowest BCUT2D eigenvalue weighted by atomic mass is 10.4. The molecule has 0 atom stereocenters. The first-order valence-corrected chi connectivity index (χ1v) is 4.87. The monoisotopic (exact) mass is 208 g/mol. The molecule has 0 aliphatic rings. The number of rotatable bonds is 2. The zero-order chi connectivity index (χ0) is 11.4. The molecule has 0 aliphatic heterocycles. The van der Waals surface area contributed by atoms with Gasteiger partial charge in [0.25, 0.3) is 0 Å². The summed E-state index contributed by atoms with van der Waals surface area (Å²) in [6, 6.07) is 1.59. The number of hydrogen-bond acceptors (Lipinski definition) is 3. The number of amides is 2. The Kier molecular flexibility index (Phi) is 3.60. The summed E-state index contributed by atoms with van der Waals surface area (Å²) in [6.45, 7) is 7.45. The molecule has 1 aromatic rings. The van der Waals surface area contributed by atoms with Gasteiger partial charge in [0.2, 0.25) is 0 Å². The van der Waals surface area contributed by atoms with E-state index in [9.17, 15) is 4.79 Å². The van der Waals surface area contributed by atoms with Crippen molar-refractivity contribution in [1.82, 2.24) is 15.3 Å². The van der Waals surface area contributed by atoms with Crippen molar-refractivity contribution in [3.63, 3.8) is 0 Å². The van der Waals surface area contributed by atoms with Gasteiger partial charge in [0.15, 0.2) is 0 Å². The van der Waals surface area contributed by atoms with Gasteiger partial charge in [-0.2, -0.15) is 0 Å². The first-order valence-electron chi connectivity index (χ1n) is 4.87. The standard InChI is InChI=1S/C10H16N4O/c1-6(2)11-10(15)14-9-5-7(3)12-8(4)13-9/h5-6H,1-4H3,(H2,11,12,13,14,15). The van der Waals surface area contributed by atoms with E-state index in [1.54, 1.807) is 13.0 Å². The lowest BCUT2D eigenvalue weighted by molar-refractivity contribution is 0.250. The van der Waals surface area contributed by atoms with Crippen molar-refractivity contribution in [1.29, 1.82) is 0 Å². The van der Waals surface area contributed by atoms with Crippen LogP contribution in [-0.4, -0.2) is 22.0 Å². The topological polar surface area (TPSA) is 66.9 Å². The largest absolute Gasteiger partial charge is 0.336 e. The fraction of sp³-hybridized carbons (Fsp3) is 0.500. The fourth-order valence-electron chi connectivity index (χ4n) is 1.20. The smallest absolute Gasteiger partial charge is 0.320 e. The van der Waals surface area contributed by atoms with Gasteiger partial charge in [-0.05, 0) is 27.7 Å². The number of nitrogens with one attached hydrogen (secondary N) is 2. The molecule has 2 N–H and O–H groups in total. The average Bonchev–Trinajstić information content (AvgIpc) is 1.98. The Bertz CT molecular complexity index is 342. The summed E-state index contributed by atoms with van der Waals surface area (Å²) in [5, 5.41) is 5.37. The Hall–Kier alpha value is -1.65. The van der Waals surface area contributed by atoms with Crippen LogP contribution in [0.15, 0.2) is 6.07 Å². The average molecular weight is 208 g/mol. The van der Waals surface area contributed by atoms with E-state index in [1.165, 1.54) is 0 Å². The molecule has 1 rings (SSSR count). The molecule has 82 valence electrons. The normalized spacial score (nSPS) is 10.2. The molecule has 0 aromatic carbocycles. The van der Waals surface area contributed by atoms with Crippen LogP contribution in [0.2, 0.25) is 0 Å². The van der Waals surface area contributed by atoms with Crippen LogP contribution < -0.4 is 10.6 Å². The van der Waals surface area contributed by atoms with Gasteiger partial charge < -0.3 is 5.32 Å². The molecule has 0 bridgehead atoms. The third-order valence-corrected chi connectivity index (χ3v) is 1.63. The van der Waals surface area contributed by atoms with Crippen molar-refractivity contribution < 1.29 is 4.79 Å². The van der Waals surface area contributed by atoms with Gasteiger partial charge in [0, 0.05) is 17.8 Å². The summed E-state index contributed by atoms with van der Waals surface area (Å²) < 4.78 is 0. The van der Waals surface area contributed by atoms with Gasteiger partial charge in [-0.1, -0.05) is 0 Å². The zero-order valence-corrected chi connectivity index (χ0v) is 9.46. The van der Waals surface area contributed by atoms with Gasteiger partial charge in [0.1, 0.15) is 11.6 Å². The third-order valence-electron chi connectivity index (χ3n) is 1.63. The van der Waals surface area contributed by atoms with Crippen LogP contribution in [0.25, 0.3) is 0 Å². The van der Waals surface area contributed by atoms with Crippen molar-refractivity contribution in [2.75, 3.05) is 5.32 Å². The minimum Gasteiger partial charge on any atom is -0.336 e. The molecule has 0 saturated heterocycles. The molecule has 0 fully saturated rings. The van der Waals surface area contributed by atoms with Crippen LogP contribution in [-0.2, 0) is 0 Å². The molecule has 0 aliphatic carbocycles. The molecule has 1 heterocycles. The summed E-state index contributed by atoms with van der Waals surface area (Å²) in [5.41, 5.74) is 0.836. The van der Waals surface area contributed by atoms with Gasteiger partial charge in [0.05, 0.1) is 0 Å². The highest BCUT2D eigenvalue weighted by molar-refractivity contribution is 5.88. The van der Waals surface area contributed by atoms with Crippen molar-refractivity contribution in [2.45, 2.75) is 33.7 Å². The maximum absolute atomic E-state index is 11.4. The van der Waals surface area contributed by atoms with Gasteiger partial charge in [-0.25, -0.2) is 14.8 Å². The van der Waals surface area contributed by atoms with E-state index in [-0.39, 0.29) is 12.1 Å². The van der Waals surface area contributed by atoms with E-state index in [1.807, 2.05) is 20.8 Å². The highest BCUT2D eigenvalue weighted by Gasteiger charge is 2.05. The third kappa shape index (κ3) is 3.93. The molecule has 0 unspecified atom stereocenters. The van der Waals surface area contributed by atoms with E-state index < -0.39 is 0 Å². The lowest BCUT2D eigenvalue weighted by Crippen LogP contribution is -2.34. The number of anilines is 1. The zero-order valence-electron chi connectivity index (χ0n) is 9.46. The van der Waals surface area contributed by atoms with E-state index in [0.717, 1.165) is 5.69 Å². The molecule has 0 saturated carbocycles.